The van der Waals surface area contributed by atoms with Gasteiger partial charge in [-0.25, -0.2) is 0 Å². The Morgan fingerprint density at radius 1 is 1.13 bits per heavy atom. The molecule has 0 saturated carbocycles. The topological polar surface area (TPSA) is 97.7 Å². The number of carbonyl (C=O) groups is 2. The summed E-state index contributed by atoms with van der Waals surface area (Å²) in [4.78, 5) is 22.2. The van der Waals surface area contributed by atoms with Gasteiger partial charge >= 0.3 is 5.97 Å². The lowest BCUT2D eigenvalue weighted by Gasteiger charge is -2.40. The van der Waals surface area contributed by atoms with Crippen molar-refractivity contribution in [3.8, 4) is 0 Å². The summed E-state index contributed by atoms with van der Waals surface area (Å²) < 4.78 is 0.0736. The number of quaternary nitrogens is 1. The van der Waals surface area contributed by atoms with Crippen LogP contribution in [0.5, 0.6) is 0 Å². The van der Waals surface area contributed by atoms with E-state index in [2.05, 4.69) is 19.1 Å². The first kappa shape index (κ1) is 21.6. The van der Waals surface area contributed by atoms with Crippen molar-refractivity contribution in [3.63, 3.8) is 0 Å². The molecule has 3 atom stereocenters. The van der Waals surface area contributed by atoms with E-state index < -0.39 is 23.8 Å². The SMILES string of the molecule is CCC/C=C/CCC[N+](CO)(CC(C)C(=O)[O-])CC(C)C(=O)O. The summed E-state index contributed by atoms with van der Waals surface area (Å²) in [6, 6.07) is 0. The molecular weight excluding hydrogens is 298 g/mol. The van der Waals surface area contributed by atoms with Crippen LogP contribution < -0.4 is 5.11 Å². The number of aliphatic carboxylic acids is 2. The first-order valence-electron chi connectivity index (χ1n) is 8.32. The number of aliphatic hydroxyl groups excluding tert-OH is 1. The van der Waals surface area contributed by atoms with Gasteiger partial charge in [0.25, 0.3) is 0 Å². The van der Waals surface area contributed by atoms with Crippen LogP contribution in [0.4, 0.5) is 0 Å². The zero-order valence-electron chi connectivity index (χ0n) is 14.5. The smallest absolute Gasteiger partial charge is 0.311 e. The molecule has 2 N–H and O–H groups in total. The van der Waals surface area contributed by atoms with Gasteiger partial charge in [0.05, 0.1) is 19.6 Å². The summed E-state index contributed by atoms with van der Waals surface area (Å²) >= 11 is 0. The van der Waals surface area contributed by atoms with Gasteiger partial charge in [-0.05, 0) is 19.8 Å². The van der Waals surface area contributed by atoms with E-state index in [1.165, 1.54) is 6.92 Å². The molecule has 23 heavy (non-hydrogen) atoms. The van der Waals surface area contributed by atoms with Gasteiger partial charge in [-0.2, -0.15) is 0 Å². The van der Waals surface area contributed by atoms with Crippen molar-refractivity contribution in [3.05, 3.63) is 12.2 Å². The average molecular weight is 329 g/mol. The minimum Gasteiger partial charge on any atom is -0.550 e. The largest absolute Gasteiger partial charge is 0.550 e. The molecule has 6 nitrogen and oxygen atoms in total. The Kier molecular flexibility index (Phi) is 10.5. The molecule has 0 aromatic heterocycles. The molecule has 0 radical (unpaired) electrons. The Labute approximate surface area is 139 Å². The molecule has 0 aliphatic heterocycles. The standard InChI is InChI=1S/C17H31NO5/c1-4-5-6-7-8-9-10-18(13-19,11-14(2)16(20)21)12-15(3)17(22)23/h6-7,14-15,19H,4-5,8-13H2,1-3H3,(H-,20,21,22,23)/b7-6+. The fraction of sp³-hybridized carbons (Fsp3) is 0.765. The van der Waals surface area contributed by atoms with Crippen molar-refractivity contribution in [2.24, 2.45) is 11.8 Å². The molecule has 0 saturated heterocycles. The number of carbonyl (C=O) groups excluding carboxylic acids is 1. The van der Waals surface area contributed by atoms with E-state index in [1.54, 1.807) is 6.92 Å². The van der Waals surface area contributed by atoms with Crippen molar-refractivity contribution in [1.82, 2.24) is 0 Å². The second-order valence-corrected chi connectivity index (χ2v) is 6.43. The Morgan fingerprint density at radius 3 is 2.17 bits per heavy atom. The van der Waals surface area contributed by atoms with Gasteiger partial charge in [-0.1, -0.05) is 32.4 Å². The Bertz CT molecular complexity index is 372. The predicted molar refractivity (Wildman–Crippen MR) is 86.2 cm³/mol. The Morgan fingerprint density at radius 2 is 1.70 bits per heavy atom. The molecule has 0 aliphatic rings. The van der Waals surface area contributed by atoms with Gasteiger partial charge in [-0.15, -0.1) is 0 Å². The Hall–Kier alpha value is -1.40. The third-order valence-electron chi connectivity index (χ3n) is 4.07. The molecule has 0 amide bonds. The molecule has 0 bridgehead atoms. The van der Waals surface area contributed by atoms with Crippen LogP contribution >= 0.6 is 0 Å². The molecule has 0 aliphatic carbocycles. The van der Waals surface area contributed by atoms with E-state index in [1.807, 2.05) is 0 Å². The monoisotopic (exact) mass is 329 g/mol. The molecule has 6 heteroatoms. The highest BCUT2D eigenvalue weighted by atomic mass is 16.4. The first-order valence-corrected chi connectivity index (χ1v) is 8.32. The third kappa shape index (κ3) is 8.71. The molecule has 0 aromatic carbocycles. The van der Waals surface area contributed by atoms with Crippen LogP contribution in [0.2, 0.25) is 0 Å². The zero-order chi connectivity index (χ0) is 17.9. The fourth-order valence-corrected chi connectivity index (χ4v) is 2.70. The number of aliphatic hydroxyl groups is 1. The van der Waals surface area contributed by atoms with Crippen molar-refractivity contribution in [2.45, 2.75) is 46.5 Å². The van der Waals surface area contributed by atoms with Crippen molar-refractivity contribution in [2.75, 3.05) is 26.4 Å². The summed E-state index contributed by atoms with van der Waals surface area (Å²) in [6.07, 6.45) is 7.91. The quantitative estimate of drug-likeness (QED) is 0.227. The highest BCUT2D eigenvalue weighted by Crippen LogP contribution is 2.17. The van der Waals surface area contributed by atoms with Crippen LogP contribution in [-0.4, -0.2) is 53.0 Å². The van der Waals surface area contributed by atoms with E-state index in [0.717, 1.165) is 25.7 Å². The van der Waals surface area contributed by atoms with Crippen LogP contribution in [-0.2, 0) is 9.59 Å². The highest BCUT2D eigenvalue weighted by molar-refractivity contribution is 5.69. The number of carboxylic acids is 2. The minimum atomic E-state index is -1.17. The maximum absolute atomic E-state index is 11.1. The number of unbranched alkanes of at least 4 members (excludes halogenated alkanes) is 2. The fourth-order valence-electron chi connectivity index (χ4n) is 2.70. The average Bonchev–Trinajstić information content (AvgIpc) is 2.50. The lowest BCUT2D eigenvalue weighted by atomic mass is 10.1. The van der Waals surface area contributed by atoms with E-state index in [0.29, 0.717) is 6.54 Å². The van der Waals surface area contributed by atoms with Crippen molar-refractivity contribution >= 4 is 11.9 Å². The zero-order valence-corrected chi connectivity index (χ0v) is 14.5. The molecule has 3 unspecified atom stereocenters. The van der Waals surface area contributed by atoms with Crippen LogP contribution in [0.25, 0.3) is 0 Å². The number of allylic oxidation sites excluding steroid dienone is 2. The van der Waals surface area contributed by atoms with Crippen LogP contribution in [0.3, 0.4) is 0 Å². The summed E-state index contributed by atoms with van der Waals surface area (Å²) in [6.45, 7) is 5.88. The van der Waals surface area contributed by atoms with E-state index in [4.69, 9.17) is 5.11 Å². The summed E-state index contributed by atoms with van der Waals surface area (Å²) in [7, 11) is 0. The van der Waals surface area contributed by atoms with E-state index in [9.17, 15) is 19.8 Å². The second kappa shape index (κ2) is 11.2. The molecular formula is C17H31NO5. The normalized spacial score (nSPS) is 16.9. The third-order valence-corrected chi connectivity index (χ3v) is 4.07. The molecule has 0 spiro atoms. The summed E-state index contributed by atoms with van der Waals surface area (Å²) in [5, 5.41) is 30.0. The number of hydrogen-bond acceptors (Lipinski definition) is 4. The molecule has 0 aromatic rings. The van der Waals surface area contributed by atoms with Gasteiger partial charge in [0.15, 0.2) is 6.73 Å². The van der Waals surface area contributed by atoms with Crippen molar-refractivity contribution < 1.29 is 29.4 Å². The lowest BCUT2D eigenvalue weighted by Crippen LogP contribution is -2.56. The number of nitrogens with zero attached hydrogens (tertiary/aromatic N) is 1. The van der Waals surface area contributed by atoms with Gasteiger partial charge in [0.2, 0.25) is 0 Å². The highest BCUT2D eigenvalue weighted by Gasteiger charge is 2.33. The van der Waals surface area contributed by atoms with Crippen LogP contribution in [0, 0.1) is 11.8 Å². The van der Waals surface area contributed by atoms with Gasteiger partial charge in [0, 0.05) is 18.3 Å². The second-order valence-electron chi connectivity index (χ2n) is 6.43. The summed E-state index contributed by atoms with van der Waals surface area (Å²) in [5.74, 6) is -3.50. The minimum absolute atomic E-state index is 0.0736. The molecule has 134 valence electrons. The van der Waals surface area contributed by atoms with Crippen molar-refractivity contribution in [1.29, 1.82) is 0 Å². The van der Waals surface area contributed by atoms with Crippen LogP contribution in [0.15, 0.2) is 12.2 Å². The van der Waals surface area contributed by atoms with Gasteiger partial charge < -0.3 is 20.1 Å². The number of rotatable bonds is 13. The lowest BCUT2D eigenvalue weighted by molar-refractivity contribution is -0.949. The molecule has 0 fully saturated rings. The number of carboxylic acid groups (broad SMARTS) is 2. The number of hydrogen-bond donors (Lipinski definition) is 2. The van der Waals surface area contributed by atoms with Gasteiger partial charge in [-0.3, -0.25) is 9.28 Å². The van der Waals surface area contributed by atoms with E-state index in [-0.39, 0.29) is 24.3 Å². The Balaban J connectivity index is 4.87. The maximum atomic E-state index is 11.1. The maximum Gasteiger partial charge on any atom is 0.311 e. The predicted octanol–water partition coefficient (Wildman–Crippen LogP) is 0.996. The van der Waals surface area contributed by atoms with Gasteiger partial charge in [0.1, 0.15) is 5.92 Å². The molecule has 0 heterocycles. The molecule has 0 rings (SSSR count). The van der Waals surface area contributed by atoms with Crippen LogP contribution in [0.1, 0.15) is 46.5 Å². The first-order chi connectivity index (χ1) is 10.8. The van der Waals surface area contributed by atoms with E-state index >= 15 is 0 Å². The summed E-state index contributed by atoms with van der Waals surface area (Å²) in [5.41, 5.74) is 0.